The maximum Gasteiger partial charge on any atom is 0.238 e. The number of hydrogen-bond acceptors (Lipinski definition) is 4. The topological polar surface area (TPSA) is 47.0 Å². The molecule has 0 atom stereocenters. The summed E-state index contributed by atoms with van der Waals surface area (Å²) in [7, 11) is 1.81. The minimum Gasteiger partial charge on any atom is -0.434 e. The molecule has 0 fully saturated rings. The highest BCUT2D eigenvalue weighted by molar-refractivity contribution is 5.27. The lowest BCUT2D eigenvalue weighted by Crippen LogP contribution is -2.07. The van der Waals surface area contributed by atoms with E-state index >= 15 is 0 Å². The normalized spacial score (nSPS) is 10.2. The van der Waals surface area contributed by atoms with Crippen LogP contribution in [0, 0.1) is 5.82 Å². The molecular formula is C12H12FN3O. The molecule has 5 heteroatoms. The fraction of sp³-hybridized carbons (Fsp3) is 0.167. The van der Waals surface area contributed by atoms with Crippen molar-refractivity contribution in [3.05, 3.63) is 48.2 Å². The summed E-state index contributed by atoms with van der Waals surface area (Å²) in [5, 5.41) is 2.95. The Labute approximate surface area is 98.5 Å². The molecule has 0 radical (unpaired) electrons. The smallest absolute Gasteiger partial charge is 0.238 e. The molecule has 1 heterocycles. The number of benzene rings is 1. The average molecular weight is 233 g/mol. The number of rotatable bonds is 4. The van der Waals surface area contributed by atoms with E-state index in [0.29, 0.717) is 6.54 Å². The largest absolute Gasteiger partial charge is 0.434 e. The first kappa shape index (κ1) is 11.5. The summed E-state index contributed by atoms with van der Waals surface area (Å²) < 4.78 is 18.7. The van der Waals surface area contributed by atoms with E-state index < -0.39 is 5.82 Å². The number of hydrogen-bond donors (Lipinski definition) is 1. The van der Waals surface area contributed by atoms with E-state index in [-0.39, 0.29) is 11.6 Å². The zero-order valence-electron chi connectivity index (χ0n) is 9.35. The van der Waals surface area contributed by atoms with Crippen LogP contribution in [-0.2, 0) is 6.54 Å². The molecule has 2 aromatic rings. The van der Waals surface area contributed by atoms with Gasteiger partial charge in [-0.15, -0.1) is 0 Å². The van der Waals surface area contributed by atoms with E-state index in [2.05, 4.69) is 15.3 Å². The van der Waals surface area contributed by atoms with Crippen molar-refractivity contribution in [3.63, 3.8) is 0 Å². The third-order valence-electron chi connectivity index (χ3n) is 2.07. The molecule has 0 aliphatic heterocycles. The van der Waals surface area contributed by atoms with Crippen LogP contribution in [0.5, 0.6) is 11.6 Å². The second kappa shape index (κ2) is 5.36. The molecule has 2 rings (SSSR count). The highest BCUT2D eigenvalue weighted by Gasteiger charge is 2.05. The van der Waals surface area contributed by atoms with Gasteiger partial charge in [-0.05, 0) is 19.2 Å². The van der Waals surface area contributed by atoms with Crippen LogP contribution in [0.15, 0.2) is 36.7 Å². The van der Waals surface area contributed by atoms with Gasteiger partial charge >= 0.3 is 0 Å². The Kier molecular flexibility index (Phi) is 3.62. The molecule has 88 valence electrons. The Morgan fingerprint density at radius 2 is 2.12 bits per heavy atom. The summed E-state index contributed by atoms with van der Waals surface area (Å²) in [5.74, 6) is -0.000391. The summed E-state index contributed by atoms with van der Waals surface area (Å²) in [6, 6.07) is 6.18. The highest BCUT2D eigenvalue weighted by Crippen LogP contribution is 2.21. The van der Waals surface area contributed by atoms with Crippen LogP contribution >= 0.6 is 0 Å². The van der Waals surface area contributed by atoms with Crippen molar-refractivity contribution in [3.8, 4) is 11.6 Å². The quantitative estimate of drug-likeness (QED) is 0.878. The highest BCUT2D eigenvalue weighted by atomic mass is 19.1. The van der Waals surface area contributed by atoms with Crippen LogP contribution in [0.1, 0.15) is 5.69 Å². The second-order valence-corrected chi connectivity index (χ2v) is 3.41. The first-order valence-corrected chi connectivity index (χ1v) is 5.17. The Hall–Kier alpha value is -2.01. The number of nitrogens with zero attached hydrogens (tertiary/aromatic N) is 2. The van der Waals surface area contributed by atoms with Crippen molar-refractivity contribution in [2.75, 3.05) is 7.05 Å². The average Bonchev–Trinajstić information content (AvgIpc) is 2.33. The van der Waals surface area contributed by atoms with Crippen LogP contribution < -0.4 is 10.1 Å². The molecule has 0 aliphatic carbocycles. The molecule has 0 bridgehead atoms. The molecular weight excluding hydrogens is 221 g/mol. The first-order valence-electron chi connectivity index (χ1n) is 5.17. The van der Waals surface area contributed by atoms with Crippen LogP contribution in [0.2, 0.25) is 0 Å². The number of nitrogens with one attached hydrogen (secondary N) is 1. The minimum absolute atomic E-state index is 0.142. The lowest BCUT2D eigenvalue weighted by molar-refractivity contribution is 0.423. The number of ether oxygens (including phenoxy) is 1. The summed E-state index contributed by atoms with van der Waals surface area (Å²) in [4.78, 5) is 8.16. The molecule has 17 heavy (non-hydrogen) atoms. The van der Waals surface area contributed by atoms with E-state index in [0.717, 1.165) is 5.69 Å². The Bertz CT molecular complexity index is 505. The summed E-state index contributed by atoms with van der Waals surface area (Å²) in [5.41, 5.74) is 0.737. The van der Waals surface area contributed by atoms with Gasteiger partial charge in [0.15, 0.2) is 11.6 Å². The first-order chi connectivity index (χ1) is 8.29. The molecule has 1 aromatic heterocycles. The van der Waals surface area contributed by atoms with E-state index in [9.17, 15) is 4.39 Å². The molecule has 0 amide bonds. The SMILES string of the molecule is CNCc1cncc(Oc2ccccc2F)n1. The zero-order valence-corrected chi connectivity index (χ0v) is 9.35. The van der Waals surface area contributed by atoms with E-state index in [1.165, 1.54) is 12.3 Å². The molecule has 1 N–H and O–H groups in total. The summed E-state index contributed by atoms with van der Waals surface area (Å²) >= 11 is 0. The van der Waals surface area contributed by atoms with Gasteiger partial charge in [0.25, 0.3) is 0 Å². The fourth-order valence-electron chi connectivity index (χ4n) is 1.34. The van der Waals surface area contributed by atoms with Crippen molar-refractivity contribution in [2.24, 2.45) is 0 Å². The molecule has 0 saturated heterocycles. The predicted octanol–water partition coefficient (Wildman–Crippen LogP) is 2.13. The van der Waals surface area contributed by atoms with Gasteiger partial charge in [-0.25, -0.2) is 9.37 Å². The molecule has 0 unspecified atom stereocenters. The van der Waals surface area contributed by atoms with Gasteiger partial charge in [0.2, 0.25) is 5.88 Å². The maximum absolute atomic E-state index is 13.3. The van der Waals surface area contributed by atoms with E-state index in [1.807, 2.05) is 7.05 Å². The van der Waals surface area contributed by atoms with Crippen molar-refractivity contribution >= 4 is 0 Å². The van der Waals surface area contributed by atoms with Gasteiger partial charge in [-0.1, -0.05) is 12.1 Å². The van der Waals surface area contributed by atoms with Crippen LogP contribution in [0.3, 0.4) is 0 Å². The molecule has 0 saturated carbocycles. The summed E-state index contributed by atoms with van der Waals surface area (Å²) in [6.45, 7) is 0.585. The van der Waals surface area contributed by atoms with E-state index in [1.54, 1.807) is 24.4 Å². The van der Waals surface area contributed by atoms with Gasteiger partial charge in [-0.3, -0.25) is 4.98 Å². The van der Waals surface area contributed by atoms with Crippen molar-refractivity contribution in [2.45, 2.75) is 6.54 Å². The van der Waals surface area contributed by atoms with Gasteiger partial charge in [-0.2, -0.15) is 0 Å². The molecule has 0 spiro atoms. The number of para-hydroxylation sites is 1. The molecule has 0 aliphatic rings. The van der Waals surface area contributed by atoms with Gasteiger partial charge in [0.05, 0.1) is 11.9 Å². The maximum atomic E-state index is 13.3. The van der Waals surface area contributed by atoms with Crippen LogP contribution in [-0.4, -0.2) is 17.0 Å². The van der Waals surface area contributed by atoms with Crippen LogP contribution in [0.25, 0.3) is 0 Å². The fourth-order valence-corrected chi connectivity index (χ4v) is 1.34. The zero-order chi connectivity index (χ0) is 12.1. The monoisotopic (exact) mass is 233 g/mol. The second-order valence-electron chi connectivity index (χ2n) is 3.41. The van der Waals surface area contributed by atoms with Crippen molar-refractivity contribution in [1.82, 2.24) is 15.3 Å². The van der Waals surface area contributed by atoms with Crippen molar-refractivity contribution < 1.29 is 9.13 Å². The van der Waals surface area contributed by atoms with Gasteiger partial charge in [0.1, 0.15) is 0 Å². The third-order valence-corrected chi connectivity index (χ3v) is 2.07. The Morgan fingerprint density at radius 1 is 1.29 bits per heavy atom. The predicted molar refractivity (Wildman–Crippen MR) is 61.3 cm³/mol. The van der Waals surface area contributed by atoms with E-state index in [4.69, 9.17) is 4.74 Å². The number of halogens is 1. The lowest BCUT2D eigenvalue weighted by Gasteiger charge is -2.06. The van der Waals surface area contributed by atoms with Gasteiger partial charge < -0.3 is 10.1 Å². The molecule has 1 aromatic carbocycles. The third kappa shape index (κ3) is 2.98. The lowest BCUT2D eigenvalue weighted by atomic mass is 10.3. The van der Waals surface area contributed by atoms with Crippen molar-refractivity contribution in [1.29, 1.82) is 0 Å². The minimum atomic E-state index is -0.423. The summed E-state index contributed by atoms with van der Waals surface area (Å²) in [6.07, 6.45) is 3.08. The number of aromatic nitrogens is 2. The Balaban J connectivity index is 2.18. The standard InChI is InChI=1S/C12H12FN3O/c1-14-6-9-7-15-8-12(16-9)17-11-5-3-2-4-10(11)13/h2-5,7-8,14H,6H2,1H3. The Morgan fingerprint density at radius 3 is 2.88 bits per heavy atom. The van der Waals surface area contributed by atoms with Crippen LogP contribution in [0.4, 0.5) is 4.39 Å². The van der Waals surface area contributed by atoms with Gasteiger partial charge in [0, 0.05) is 12.7 Å². The molecule has 4 nitrogen and oxygen atoms in total.